The van der Waals surface area contributed by atoms with Gasteiger partial charge in [0, 0.05) is 23.4 Å². The second-order valence-electron chi connectivity index (χ2n) is 4.44. The molecule has 5 nitrogen and oxygen atoms in total. The maximum atomic E-state index is 5.80. The fourth-order valence-corrected chi connectivity index (χ4v) is 2.16. The molecule has 5 heteroatoms. The number of nitrogens with two attached hydrogens (primary N) is 1. The van der Waals surface area contributed by atoms with Crippen LogP contribution in [0.3, 0.4) is 0 Å². The number of nitrogens with one attached hydrogen (secondary N) is 1. The Hall–Kier alpha value is -2.69. The van der Waals surface area contributed by atoms with Crippen LogP contribution in [-0.2, 0) is 0 Å². The molecular weight excluding hydrogens is 254 g/mol. The summed E-state index contributed by atoms with van der Waals surface area (Å²) in [5, 5.41) is 0. The van der Waals surface area contributed by atoms with Crippen LogP contribution in [0.2, 0.25) is 0 Å². The van der Waals surface area contributed by atoms with Crippen molar-refractivity contribution >= 4 is 16.7 Å². The zero-order valence-electron chi connectivity index (χ0n) is 11.3. The average Bonchev–Trinajstić information content (AvgIpc) is 2.88. The first kappa shape index (κ1) is 12.3. The van der Waals surface area contributed by atoms with Crippen LogP contribution < -0.4 is 15.2 Å². The number of ether oxygens (including phenoxy) is 2. The number of nitrogens with zero attached hydrogens (tertiary/aromatic N) is 1. The molecule has 20 heavy (non-hydrogen) atoms. The lowest BCUT2D eigenvalue weighted by Crippen LogP contribution is -1.89. The van der Waals surface area contributed by atoms with E-state index in [0.29, 0.717) is 17.2 Å². The fourth-order valence-electron chi connectivity index (χ4n) is 2.16. The predicted molar refractivity (Wildman–Crippen MR) is 79.0 cm³/mol. The molecule has 0 bridgehead atoms. The van der Waals surface area contributed by atoms with Crippen LogP contribution >= 0.6 is 0 Å². The molecule has 1 aromatic heterocycles. The second-order valence-corrected chi connectivity index (χ2v) is 4.44. The molecule has 1 heterocycles. The third-order valence-corrected chi connectivity index (χ3v) is 3.15. The van der Waals surface area contributed by atoms with Crippen LogP contribution in [0.5, 0.6) is 11.5 Å². The molecule has 0 spiro atoms. The van der Waals surface area contributed by atoms with Gasteiger partial charge in [-0.05, 0) is 12.1 Å². The van der Waals surface area contributed by atoms with Gasteiger partial charge in [-0.3, -0.25) is 0 Å². The quantitative estimate of drug-likeness (QED) is 0.717. The maximum Gasteiger partial charge on any atom is 0.163 e. The Morgan fingerprint density at radius 3 is 2.50 bits per heavy atom. The van der Waals surface area contributed by atoms with Gasteiger partial charge < -0.3 is 20.2 Å². The van der Waals surface area contributed by atoms with Gasteiger partial charge in [-0.25, -0.2) is 4.98 Å². The van der Waals surface area contributed by atoms with Gasteiger partial charge in [-0.2, -0.15) is 0 Å². The summed E-state index contributed by atoms with van der Waals surface area (Å²) < 4.78 is 10.6. The van der Waals surface area contributed by atoms with E-state index in [-0.39, 0.29) is 0 Å². The van der Waals surface area contributed by atoms with Gasteiger partial charge >= 0.3 is 0 Å². The summed E-state index contributed by atoms with van der Waals surface area (Å²) in [6.07, 6.45) is 0. The molecule has 0 saturated carbocycles. The van der Waals surface area contributed by atoms with Crippen molar-refractivity contribution in [2.75, 3.05) is 20.0 Å². The van der Waals surface area contributed by atoms with Gasteiger partial charge in [-0.1, -0.05) is 12.1 Å². The average molecular weight is 269 g/mol. The van der Waals surface area contributed by atoms with Crippen molar-refractivity contribution < 1.29 is 9.47 Å². The van der Waals surface area contributed by atoms with Crippen molar-refractivity contribution in [1.29, 1.82) is 0 Å². The maximum absolute atomic E-state index is 5.80. The van der Waals surface area contributed by atoms with Crippen molar-refractivity contribution in [3.05, 3.63) is 36.4 Å². The molecule has 3 aromatic rings. The molecule has 0 aliphatic heterocycles. The van der Waals surface area contributed by atoms with E-state index >= 15 is 0 Å². The van der Waals surface area contributed by atoms with Crippen LogP contribution in [0.4, 0.5) is 5.69 Å². The van der Waals surface area contributed by atoms with Gasteiger partial charge in [-0.15, -0.1) is 0 Å². The number of anilines is 1. The van der Waals surface area contributed by atoms with Crippen molar-refractivity contribution in [2.45, 2.75) is 0 Å². The zero-order chi connectivity index (χ0) is 14.1. The molecule has 0 aliphatic rings. The summed E-state index contributed by atoms with van der Waals surface area (Å²) in [4.78, 5) is 7.82. The lowest BCUT2D eigenvalue weighted by atomic mass is 10.2. The summed E-state index contributed by atoms with van der Waals surface area (Å²) >= 11 is 0. The smallest absolute Gasteiger partial charge is 0.163 e. The summed E-state index contributed by atoms with van der Waals surface area (Å²) in [5.74, 6) is 2.09. The van der Waals surface area contributed by atoms with Crippen molar-refractivity contribution in [2.24, 2.45) is 0 Å². The normalized spacial score (nSPS) is 10.7. The van der Waals surface area contributed by atoms with Crippen molar-refractivity contribution in [1.82, 2.24) is 9.97 Å². The number of nitrogen functional groups attached to an aromatic ring is 1. The Bertz CT molecular complexity index is 724. The molecule has 0 unspecified atom stereocenters. The van der Waals surface area contributed by atoms with Crippen LogP contribution in [0.1, 0.15) is 0 Å². The molecular formula is C15H15N3O2. The van der Waals surface area contributed by atoms with Crippen molar-refractivity contribution in [3.8, 4) is 22.9 Å². The molecule has 0 aliphatic carbocycles. The topological polar surface area (TPSA) is 73.2 Å². The first-order valence-electron chi connectivity index (χ1n) is 6.19. The minimum Gasteiger partial charge on any atom is -0.493 e. The molecule has 0 saturated heterocycles. The predicted octanol–water partition coefficient (Wildman–Crippen LogP) is 2.83. The van der Waals surface area contributed by atoms with Crippen LogP contribution in [-0.4, -0.2) is 24.2 Å². The second kappa shape index (κ2) is 4.77. The highest BCUT2D eigenvalue weighted by Gasteiger charge is 2.11. The Labute approximate surface area is 116 Å². The number of H-pyrrole nitrogens is 1. The fraction of sp³-hybridized carbons (Fsp3) is 0.133. The Balaban J connectivity index is 2.15. The van der Waals surface area contributed by atoms with Gasteiger partial charge in [0.2, 0.25) is 0 Å². The third-order valence-electron chi connectivity index (χ3n) is 3.15. The molecule has 0 amide bonds. The molecule has 102 valence electrons. The molecule has 0 atom stereocenters. The number of fused-ring (bicyclic) bond motifs is 1. The molecule has 0 radical (unpaired) electrons. The Kier molecular flexibility index (Phi) is 2.95. The number of benzene rings is 2. The van der Waals surface area contributed by atoms with Gasteiger partial charge in [0.15, 0.2) is 11.5 Å². The highest BCUT2D eigenvalue weighted by molar-refractivity contribution is 5.83. The van der Waals surface area contributed by atoms with E-state index in [1.807, 2.05) is 36.4 Å². The Morgan fingerprint density at radius 1 is 1.05 bits per heavy atom. The van der Waals surface area contributed by atoms with E-state index in [0.717, 1.165) is 22.4 Å². The lowest BCUT2D eigenvalue weighted by Gasteiger charge is -2.06. The highest BCUT2D eigenvalue weighted by Crippen LogP contribution is 2.32. The monoisotopic (exact) mass is 269 g/mol. The third kappa shape index (κ3) is 2.03. The number of imidazole rings is 1. The van der Waals surface area contributed by atoms with Gasteiger partial charge in [0.05, 0.1) is 25.3 Å². The molecule has 0 fully saturated rings. The van der Waals surface area contributed by atoms with Gasteiger partial charge in [0.25, 0.3) is 0 Å². The van der Waals surface area contributed by atoms with E-state index in [1.54, 1.807) is 14.2 Å². The molecule has 2 aromatic carbocycles. The van der Waals surface area contributed by atoms with E-state index in [1.165, 1.54) is 0 Å². The number of aromatic amines is 1. The van der Waals surface area contributed by atoms with Crippen LogP contribution in [0, 0.1) is 0 Å². The number of aromatic nitrogens is 2. The number of hydrogen-bond acceptors (Lipinski definition) is 4. The Morgan fingerprint density at radius 2 is 1.80 bits per heavy atom. The number of hydrogen-bond donors (Lipinski definition) is 2. The summed E-state index contributed by atoms with van der Waals surface area (Å²) in [5.41, 5.74) is 9.16. The summed E-state index contributed by atoms with van der Waals surface area (Å²) in [6.45, 7) is 0. The number of rotatable bonds is 3. The minimum atomic E-state index is 0.658. The largest absolute Gasteiger partial charge is 0.493 e. The number of methoxy groups -OCH3 is 2. The van der Waals surface area contributed by atoms with Crippen LogP contribution in [0.15, 0.2) is 36.4 Å². The van der Waals surface area contributed by atoms with Gasteiger partial charge in [0.1, 0.15) is 5.82 Å². The minimum absolute atomic E-state index is 0.658. The first-order chi connectivity index (χ1) is 9.71. The van der Waals surface area contributed by atoms with Crippen molar-refractivity contribution in [3.63, 3.8) is 0 Å². The van der Waals surface area contributed by atoms with E-state index in [2.05, 4.69) is 9.97 Å². The highest BCUT2D eigenvalue weighted by atomic mass is 16.5. The molecule has 3 rings (SSSR count). The molecule has 3 N–H and O–H groups in total. The standard InChI is InChI=1S/C15H15N3O2/c1-19-13-7-11-12(8-14(13)20-2)18-15(17-11)9-4-3-5-10(16)6-9/h3-8H,16H2,1-2H3,(H,17,18). The van der Waals surface area contributed by atoms with E-state index < -0.39 is 0 Å². The summed E-state index contributed by atoms with van der Waals surface area (Å²) in [7, 11) is 3.22. The zero-order valence-corrected chi connectivity index (χ0v) is 11.3. The first-order valence-corrected chi connectivity index (χ1v) is 6.19. The van der Waals surface area contributed by atoms with Crippen LogP contribution in [0.25, 0.3) is 22.4 Å². The van der Waals surface area contributed by atoms with E-state index in [4.69, 9.17) is 15.2 Å². The SMILES string of the molecule is COc1cc2nc(-c3cccc(N)c3)[nH]c2cc1OC. The van der Waals surface area contributed by atoms with E-state index in [9.17, 15) is 0 Å². The lowest BCUT2D eigenvalue weighted by molar-refractivity contribution is 0.356. The summed E-state index contributed by atoms with van der Waals surface area (Å²) in [6, 6.07) is 11.3.